The Kier molecular flexibility index (Phi) is 3.92. The van der Waals surface area contributed by atoms with E-state index >= 15 is 0 Å². The predicted octanol–water partition coefficient (Wildman–Crippen LogP) is 2.11. The Balaban J connectivity index is 1.30. The molecule has 0 atom stereocenters. The first-order valence-electron chi connectivity index (χ1n) is 9.32. The van der Waals surface area contributed by atoms with Gasteiger partial charge < -0.3 is 4.90 Å². The van der Waals surface area contributed by atoms with Crippen LogP contribution < -0.4 is 10.5 Å². The van der Waals surface area contributed by atoms with Crippen molar-refractivity contribution in [3.05, 3.63) is 65.1 Å². The average molecular weight is 360 g/mol. The number of hydrogen-bond acceptors (Lipinski definition) is 6. The van der Waals surface area contributed by atoms with Crippen molar-refractivity contribution < 1.29 is 0 Å². The fourth-order valence-corrected chi connectivity index (χ4v) is 3.58. The summed E-state index contributed by atoms with van der Waals surface area (Å²) in [6.45, 7) is 2.37. The summed E-state index contributed by atoms with van der Waals surface area (Å²) in [4.78, 5) is 27.7. The maximum atomic E-state index is 12.2. The van der Waals surface area contributed by atoms with E-state index in [1.54, 1.807) is 41.6 Å². The van der Waals surface area contributed by atoms with Crippen molar-refractivity contribution in [2.45, 2.75) is 25.3 Å². The summed E-state index contributed by atoms with van der Waals surface area (Å²) in [6, 6.07) is 7.15. The van der Waals surface area contributed by atoms with Crippen LogP contribution in [0.2, 0.25) is 0 Å². The number of aromatic nitrogens is 5. The maximum Gasteiger partial charge on any atom is 0.266 e. The van der Waals surface area contributed by atoms with Crippen LogP contribution in [0.15, 0.2) is 53.8 Å². The van der Waals surface area contributed by atoms with E-state index in [-0.39, 0.29) is 5.56 Å². The molecular weight excluding hydrogens is 340 g/mol. The summed E-state index contributed by atoms with van der Waals surface area (Å²) >= 11 is 0. The highest BCUT2D eigenvalue weighted by atomic mass is 16.1. The molecule has 0 N–H and O–H groups in total. The molecule has 1 saturated heterocycles. The second-order valence-electron chi connectivity index (χ2n) is 7.29. The number of hydrogen-bond donors (Lipinski definition) is 0. The summed E-state index contributed by atoms with van der Waals surface area (Å²) in [5, 5.41) is 4.54. The zero-order chi connectivity index (χ0) is 18.2. The molecule has 1 saturated carbocycles. The van der Waals surface area contributed by atoms with Gasteiger partial charge in [0.1, 0.15) is 0 Å². The van der Waals surface area contributed by atoms with Gasteiger partial charge in [-0.05, 0) is 31.0 Å². The zero-order valence-electron chi connectivity index (χ0n) is 14.9. The molecule has 5 rings (SSSR count). The van der Waals surface area contributed by atoms with Gasteiger partial charge in [0.2, 0.25) is 0 Å². The Morgan fingerprint density at radius 1 is 1.04 bits per heavy atom. The molecule has 3 aromatic rings. The lowest BCUT2D eigenvalue weighted by Crippen LogP contribution is -2.50. The summed E-state index contributed by atoms with van der Waals surface area (Å²) in [7, 11) is 0. The van der Waals surface area contributed by atoms with Gasteiger partial charge in [-0.15, -0.1) is 0 Å². The quantitative estimate of drug-likeness (QED) is 0.694. The molecule has 0 unspecified atom stereocenters. The standard InChI is InChI=1S/C20H20N6O/c27-18-6-5-17(16-2-1-7-21-10-16)24-26(18)13-14-11-25(12-14)20-19(15-3-4-15)22-8-9-23-20/h1-2,5-10,14-15H,3-4,11-13H2. The molecule has 0 radical (unpaired) electrons. The molecule has 0 spiro atoms. The lowest BCUT2D eigenvalue weighted by molar-refractivity contribution is 0.332. The van der Waals surface area contributed by atoms with E-state index in [0.29, 0.717) is 18.4 Å². The predicted molar refractivity (Wildman–Crippen MR) is 101 cm³/mol. The highest BCUT2D eigenvalue weighted by molar-refractivity contribution is 5.56. The van der Waals surface area contributed by atoms with E-state index < -0.39 is 0 Å². The topological polar surface area (TPSA) is 76.8 Å². The van der Waals surface area contributed by atoms with Gasteiger partial charge in [-0.1, -0.05) is 0 Å². The molecule has 4 heterocycles. The fraction of sp³-hybridized carbons (Fsp3) is 0.350. The van der Waals surface area contributed by atoms with Crippen LogP contribution in [0.4, 0.5) is 5.82 Å². The van der Waals surface area contributed by atoms with E-state index in [1.165, 1.54) is 12.8 Å². The zero-order valence-corrected chi connectivity index (χ0v) is 14.9. The Bertz CT molecular complexity index is 1010. The lowest BCUT2D eigenvalue weighted by atomic mass is 9.99. The molecule has 2 fully saturated rings. The molecule has 7 heteroatoms. The molecule has 0 bridgehead atoms. The van der Waals surface area contributed by atoms with Crippen LogP contribution in [-0.4, -0.2) is 37.8 Å². The van der Waals surface area contributed by atoms with Crippen molar-refractivity contribution in [1.29, 1.82) is 0 Å². The van der Waals surface area contributed by atoms with Gasteiger partial charge >= 0.3 is 0 Å². The van der Waals surface area contributed by atoms with Gasteiger partial charge in [0, 0.05) is 61.3 Å². The van der Waals surface area contributed by atoms with Crippen LogP contribution in [0.5, 0.6) is 0 Å². The van der Waals surface area contributed by atoms with E-state index in [1.807, 2.05) is 12.1 Å². The first kappa shape index (κ1) is 16.1. The van der Waals surface area contributed by atoms with E-state index in [0.717, 1.165) is 35.9 Å². The SMILES string of the molecule is O=c1ccc(-c2cccnc2)nn1CC1CN(c2nccnc2C2CC2)C1. The summed E-state index contributed by atoms with van der Waals surface area (Å²) in [6.07, 6.45) is 9.45. The molecule has 0 aromatic carbocycles. The average Bonchev–Trinajstić information content (AvgIpc) is 3.52. The Labute approximate surface area is 156 Å². The summed E-state index contributed by atoms with van der Waals surface area (Å²) < 4.78 is 1.57. The highest BCUT2D eigenvalue weighted by Crippen LogP contribution is 2.43. The minimum absolute atomic E-state index is 0.0701. The Morgan fingerprint density at radius 3 is 2.67 bits per heavy atom. The van der Waals surface area contributed by atoms with E-state index in [9.17, 15) is 4.79 Å². The lowest BCUT2D eigenvalue weighted by Gasteiger charge is -2.40. The molecule has 7 nitrogen and oxygen atoms in total. The van der Waals surface area contributed by atoms with Crippen molar-refractivity contribution in [3.63, 3.8) is 0 Å². The number of pyridine rings is 1. The van der Waals surface area contributed by atoms with Gasteiger partial charge in [0.15, 0.2) is 5.82 Å². The summed E-state index contributed by atoms with van der Waals surface area (Å²) in [5.41, 5.74) is 2.74. The molecule has 3 aromatic heterocycles. The number of rotatable bonds is 5. The molecule has 136 valence electrons. The smallest absolute Gasteiger partial charge is 0.266 e. The maximum absolute atomic E-state index is 12.2. The fourth-order valence-electron chi connectivity index (χ4n) is 3.58. The first-order chi connectivity index (χ1) is 13.3. The third kappa shape index (κ3) is 3.20. The van der Waals surface area contributed by atoms with Crippen LogP contribution in [0, 0.1) is 5.92 Å². The minimum Gasteiger partial charge on any atom is -0.354 e. The second-order valence-corrected chi connectivity index (χ2v) is 7.29. The largest absolute Gasteiger partial charge is 0.354 e. The normalized spacial score (nSPS) is 17.0. The molecule has 0 amide bonds. The van der Waals surface area contributed by atoms with Crippen LogP contribution in [0.3, 0.4) is 0 Å². The molecule has 1 aliphatic carbocycles. The highest BCUT2D eigenvalue weighted by Gasteiger charge is 2.35. The van der Waals surface area contributed by atoms with Crippen LogP contribution in [-0.2, 0) is 6.54 Å². The van der Waals surface area contributed by atoms with Gasteiger partial charge in [0.25, 0.3) is 5.56 Å². The van der Waals surface area contributed by atoms with E-state index in [2.05, 4.69) is 25.0 Å². The molecular formula is C20H20N6O. The summed E-state index contributed by atoms with van der Waals surface area (Å²) in [5.74, 6) is 1.97. The van der Waals surface area contributed by atoms with Gasteiger partial charge in [-0.2, -0.15) is 5.10 Å². The van der Waals surface area contributed by atoms with Crippen LogP contribution in [0.1, 0.15) is 24.5 Å². The third-order valence-electron chi connectivity index (χ3n) is 5.18. The first-order valence-corrected chi connectivity index (χ1v) is 9.32. The van der Waals surface area contributed by atoms with Crippen molar-refractivity contribution in [2.24, 2.45) is 5.92 Å². The van der Waals surface area contributed by atoms with Gasteiger partial charge in [-0.25, -0.2) is 9.67 Å². The van der Waals surface area contributed by atoms with Crippen molar-refractivity contribution in [2.75, 3.05) is 18.0 Å². The minimum atomic E-state index is -0.0701. The Hall–Kier alpha value is -3.09. The second kappa shape index (κ2) is 6.57. The van der Waals surface area contributed by atoms with Crippen molar-refractivity contribution in [3.8, 4) is 11.3 Å². The number of anilines is 1. The van der Waals surface area contributed by atoms with Crippen molar-refractivity contribution >= 4 is 5.82 Å². The molecule has 1 aliphatic heterocycles. The van der Waals surface area contributed by atoms with E-state index in [4.69, 9.17) is 0 Å². The number of nitrogens with zero attached hydrogens (tertiary/aromatic N) is 6. The molecule has 27 heavy (non-hydrogen) atoms. The third-order valence-corrected chi connectivity index (χ3v) is 5.18. The van der Waals surface area contributed by atoms with Crippen LogP contribution >= 0.6 is 0 Å². The Morgan fingerprint density at radius 2 is 1.89 bits per heavy atom. The van der Waals surface area contributed by atoms with Gasteiger partial charge in [-0.3, -0.25) is 14.8 Å². The van der Waals surface area contributed by atoms with Gasteiger partial charge in [0.05, 0.1) is 17.9 Å². The van der Waals surface area contributed by atoms with Crippen LogP contribution in [0.25, 0.3) is 11.3 Å². The monoisotopic (exact) mass is 360 g/mol. The van der Waals surface area contributed by atoms with Crippen molar-refractivity contribution in [1.82, 2.24) is 24.7 Å². The molecule has 2 aliphatic rings.